The lowest BCUT2D eigenvalue weighted by Crippen LogP contribution is -2.38. The minimum atomic E-state index is 0.376. The third-order valence-electron chi connectivity index (χ3n) is 4.97. The molecule has 2 aliphatic rings. The van der Waals surface area contributed by atoms with E-state index in [1.807, 2.05) is 0 Å². The van der Waals surface area contributed by atoms with Crippen LogP contribution in [0.4, 0.5) is 5.82 Å². The highest BCUT2D eigenvalue weighted by atomic mass is 32.1. The molecule has 0 amide bonds. The van der Waals surface area contributed by atoms with Crippen molar-refractivity contribution in [3.63, 3.8) is 0 Å². The highest BCUT2D eigenvalue weighted by molar-refractivity contribution is 7.18. The van der Waals surface area contributed by atoms with E-state index in [9.17, 15) is 0 Å². The highest BCUT2D eigenvalue weighted by Gasteiger charge is 2.39. The number of thiophene rings is 1. The van der Waals surface area contributed by atoms with Crippen LogP contribution in [0.15, 0.2) is 11.7 Å². The molecule has 0 radical (unpaired) electrons. The molecular formula is C15H20N4S. The Balaban J connectivity index is 1.70. The first-order chi connectivity index (χ1) is 9.74. The maximum atomic E-state index is 6.32. The first kappa shape index (κ1) is 12.5. The molecule has 106 valence electrons. The second-order valence-electron chi connectivity index (χ2n) is 6.22. The molecule has 1 saturated carbocycles. The fourth-order valence-corrected chi connectivity index (χ4v) is 4.89. The number of rotatable bonds is 1. The van der Waals surface area contributed by atoms with Gasteiger partial charge in [-0.3, -0.25) is 0 Å². The van der Waals surface area contributed by atoms with E-state index in [0.717, 1.165) is 30.3 Å². The van der Waals surface area contributed by atoms with Crippen molar-refractivity contribution in [1.82, 2.24) is 9.97 Å². The molecule has 20 heavy (non-hydrogen) atoms. The number of nitrogens with zero attached hydrogens (tertiary/aromatic N) is 3. The van der Waals surface area contributed by atoms with Crippen LogP contribution in [0.2, 0.25) is 0 Å². The summed E-state index contributed by atoms with van der Waals surface area (Å²) in [6, 6.07) is 0.376. The summed E-state index contributed by atoms with van der Waals surface area (Å²) >= 11 is 1.76. The van der Waals surface area contributed by atoms with E-state index in [2.05, 4.69) is 27.2 Å². The van der Waals surface area contributed by atoms with E-state index >= 15 is 0 Å². The van der Waals surface area contributed by atoms with Gasteiger partial charge >= 0.3 is 0 Å². The third-order valence-corrected chi connectivity index (χ3v) is 6.05. The van der Waals surface area contributed by atoms with Crippen LogP contribution in [-0.4, -0.2) is 29.1 Å². The van der Waals surface area contributed by atoms with Gasteiger partial charge in [0.15, 0.2) is 0 Å². The summed E-state index contributed by atoms with van der Waals surface area (Å²) in [6.45, 7) is 4.30. The number of anilines is 1. The molecule has 1 aliphatic heterocycles. The maximum absolute atomic E-state index is 6.32. The maximum Gasteiger partial charge on any atom is 0.150 e. The van der Waals surface area contributed by atoms with Gasteiger partial charge in [-0.25, -0.2) is 9.97 Å². The Kier molecular flexibility index (Phi) is 2.93. The monoisotopic (exact) mass is 288 g/mol. The number of aryl methyl sites for hydroxylation is 1. The highest BCUT2D eigenvalue weighted by Crippen LogP contribution is 2.39. The minimum Gasteiger partial charge on any atom is -0.355 e. The average Bonchev–Trinajstić information content (AvgIpc) is 3.04. The topological polar surface area (TPSA) is 55.0 Å². The van der Waals surface area contributed by atoms with Crippen molar-refractivity contribution in [3.05, 3.63) is 17.3 Å². The Morgan fingerprint density at radius 3 is 3.05 bits per heavy atom. The van der Waals surface area contributed by atoms with Crippen molar-refractivity contribution in [2.24, 2.45) is 17.6 Å². The normalized spacial score (nSPS) is 29.9. The van der Waals surface area contributed by atoms with Gasteiger partial charge in [0.25, 0.3) is 0 Å². The van der Waals surface area contributed by atoms with Crippen LogP contribution < -0.4 is 10.6 Å². The number of nitrogens with two attached hydrogens (primary N) is 1. The Hall–Kier alpha value is -1.20. The van der Waals surface area contributed by atoms with Gasteiger partial charge < -0.3 is 10.6 Å². The molecule has 2 fully saturated rings. The lowest BCUT2D eigenvalue weighted by Gasteiger charge is -2.29. The van der Waals surface area contributed by atoms with Crippen molar-refractivity contribution >= 4 is 27.4 Å². The summed E-state index contributed by atoms with van der Waals surface area (Å²) in [4.78, 5) is 11.4. The molecular weight excluding hydrogens is 268 g/mol. The van der Waals surface area contributed by atoms with Gasteiger partial charge in [0.2, 0.25) is 0 Å². The Bertz CT molecular complexity index is 638. The molecule has 4 rings (SSSR count). The number of hydrogen-bond acceptors (Lipinski definition) is 5. The molecule has 3 heterocycles. The first-order valence-electron chi connectivity index (χ1n) is 7.43. The van der Waals surface area contributed by atoms with Crippen molar-refractivity contribution < 1.29 is 0 Å². The zero-order chi connectivity index (χ0) is 13.7. The number of fused-ring (bicyclic) bond motifs is 2. The molecule has 1 saturated heterocycles. The van der Waals surface area contributed by atoms with Crippen LogP contribution in [0.3, 0.4) is 0 Å². The van der Waals surface area contributed by atoms with E-state index in [1.54, 1.807) is 17.7 Å². The molecule has 1 aliphatic carbocycles. The molecule has 0 spiro atoms. The lowest BCUT2D eigenvalue weighted by molar-refractivity contribution is 0.260. The largest absolute Gasteiger partial charge is 0.355 e. The van der Waals surface area contributed by atoms with Gasteiger partial charge in [-0.1, -0.05) is 6.42 Å². The zero-order valence-electron chi connectivity index (χ0n) is 11.7. The predicted molar refractivity (Wildman–Crippen MR) is 83.2 cm³/mol. The summed E-state index contributed by atoms with van der Waals surface area (Å²) in [5, 5.41) is 2.18. The summed E-state index contributed by atoms with van der Waals surface area (Å²) in [7, 11) is 0. The molecule has 0 aromatic carbocycles. The fraction of sp³-hybridized carbons (Fsp3) is 0.600. The van der Waals surface area contributed by atoms with Crippen LogP contribution in [-0.2, 0) is 0 Å². The molecule has 0 bridgehead atoms. The van der Waals surface area contributed by atoms with Crippen LogP contribution >= 0.6 is 11.3 Å². The van der Waals surface area contributed by atoms with Gasteiger partial charge in [0, 0.05) is 19.1 Å². The molecule has 2 aromatic heterocycles. The molecule has 2 aromatic rings. The van der Waals surface area contributed by atoms with Gasteiger partial charge in [0.05, 0.1) is 10.2 Å². The van der Waals surface area contributed by atoms with Gasteiger partial charge in [-0.2, -0.15) is 0 Å². The summed E-state index contributed by atoms with van der Waals surface area (Å²) in [5.74, 6) is 2.52. The van der Waals surface area contributed by atoms with Gasteiger partial charge in [-0.15, -0.1) is 11.3 Å². The zero-order valence-corrected chi connectivity index (χ0v) is 12.6. The van der Waals surface area contributed by atoms with Gasteiger partial charge in [-0.05, 0) is 42.5 Å². The van der Waals surface area contributed by atoms with E-state index in [0.29, 0.717) is 12.0 Å². The Labute approximate surface area is 123 Å². The van der Waals surface area contributed by atoms with Crippen LogP contribution in [0.25, 0.3) is 10.2 Å². The van der Waals surface area contributed by atoms with Crippen molar-refractivity contribution in [2.45, 2.75) is 32.2 Å². The van der Waals surface area contributed by atoms with E-state index in [4.69, 9.17) is 5.73 Å². The first-order valence-corrected chi connectivity index (χ1v) is 8.31. The third kappa shape index (κ3) is 1.84. The molecule has 3 atom stereocenters. The minimum absolute atomic E-state index is 0.376. The van der Waals surface area contributed by atoms with Crippen molar-refractivity contribution in [3.8, 4) is 0 Å². The quantitative estimate of drug-likeness (QED) is 0.876. The second-order valence-corrected chi connectivity index (χ2v) is 7.10. The number of hydrogen-bond donors (Lipinski definition) is 1. The second kappa shape index (κ2) is 4.67. The Morgan fingerprint density at radius 2 is 2.20 bits per heavy atom. The van der Waals surface area contributed by atoms with E-state index in [-0.39, 0.29) is 0 Å². The van der Waals surface area contributed by atoms with E-state index in [1.165, 1.54) is 29.5 Å². The Morgan fingerprint density at radius 1 is 1.30 bits per heavy atom. The summed E-state index contributed by atoms with van der Waals surface area (Å²) < 4.78 is 1.23. The molecule has 4 nitrogen and oxygen atoms in total. The van der Waals surface area contributed by atoms with Crippen molar-refractivity contribution in [1.29, 1.82) is 0 Å². The average molecular weight is 288 g/mol. The van der Waals surface area contributed by atoms with Crippen LogP contribution in [0.5, 0.6) is 0 Å². The SMILES string of the molecule is Cc1csc2c(N3CC4CCCC(N)C4C3)ncnc12. The van der Waals surface area contributed by atoms with Crippen molar-refractivity contribution in [2.75, 3.05) is 18.0 Å². The predicted octanol–water partition coefficient (Wildman–Crippen LogP) is 2.56. The smallest absolute Gasteiger partial charge is 0.150 e. The lowest BCUT2D eigenvalue weighted by atomic mass is 9.78. The summed E-state index contributed by atoms with van der Waals surface area (Å²) in [5.41, 5.74) is 8.68. The van der Waals surface area contributed by atoms with Gasteiger partial charge in [0.1, 0.15) is 12.1 Å². The number of aromatic nitrogens is 2. The molecule has 2 N–H and O–H groups in total. The van der Waals surface area contributed by atoms with Crippen LogP contribution in [0.1, 0.15) is 24.8 Å². The standard InChI is InChI=1S/C15H20N4S/c1-9-7-20-14-13(9)17-8-18-15(14)19-5-10-3-2-4-12(16)11(10)6-19/h7-8,10-12H,2-6,16H2,1H3. The fourth-order valence-electron chi connectivity index (χ4n) is 3.87. The van der Waals surface area contributed by atoms with E-state index < -0.39 is 0 Å². The van der Waals surface area contributed by atoms with Crippen LogP contribution in [0, 0.1) is 18.8 Å². The summed E-state index contributed by atoms with van der Waals surface area (Å²) in [6.07, 6.45) is 5.51. The molecule has 3 unspecified atom stereocenters. The molecule has 5 heteroatoms.